The average Bonchev–Trinajstić information content (AvgIpc) is 2.52. The molecule has 2 aliphatic carbocycles. The van der Waals surface area contributed by atoms with Gasteiger partial charge in [-0.3, -0.25) is 4.90 Å². The molecule has 3 aliphatic rings. The summed E-state index contributed by atoms with van der Waals surface area (Å²) in [5, 5.41) is 18.4. The van der Waals surface area contributed by atoms with E-state index in [2.05, 4.69) is 4.90 Å². The zero-order chi connectivity index (χ0) is 15.1. The Labute approximate surface area is 128 Å². The molecule has 1 heterocycles. The molecule has 0 amide bonds. The van der Waals surface area contributed by atoms with Crippen LogP contribution in [0.3, 0.4) is 0 Å². The normalized spacial score (nSPS) is 38.4. The summed E-state index contributed by atoms with van der Waals surface area (Å²) in [6.07, 6.45) is 8.03. The fourth-order valence-corrected chi connectivity index (χ4v) is 3.47. The summed E-state index contributed by atoms with van der Waals surface area (Å²) in [4.78, 5) is 2.52. The molecule has 3 fully saturated rings. The van der Waals surface area contributed by atoms with Crippen molar-refractivity contribution in [2.75, 3.05) is 26.3 Å². The van der Waals surface area contributed by atoms with Crippen molar-refractivity contribution in [2.45, 2.75) is 75.7 Å². The smallest absolute Gasteiger partial charge is 0.0594 e. The Morgan fingerprint density at radius 1 is 0.762 bits per heavy atom. The Kier molecular flexibility index (Phi) is 7.40. The predicted octanol–water partition coefficient (Wildman–Crippen LogP) is 0.871. The molecule has 0 bridgehead atoms. The maximum Gasteiger partial charge on any atom is 0.0594 e. The van der Waals surface area contributed by atoms with Gasteiger partial charge in [-0.25, -0.2) is 0 Å². The van der Waals surface area contributed by atoms with Crippen LogP contribution in [0.25, 0.3) is 0 Å². The largest absolute Gasteiger partial charge is 0.393 e. The average molecular weight is 300 g/mol. The molecule has 0 aromatic heterocycles. The van der Waals surface area contributed by atoms with Crippen molar-refractivity contribution in [3.05, 3.63) is 0 Å². The first-order chi connectivity index (χ1) is 10.1. The second kappa shape index (κ2) is 9.06. The van der Waals surface area contributed by atoms with Crippen molar-refractivity contribution in [3.63, 3.8) is 0 Å². The van der Waals surface area contributed by atoms with Gasteiger partial charge in [-0.1, -0.05) is 0 Å². The Morgan fingerprint density at radius 3 is 1.71 bits per heavy atom. The summed E-state index contributed by atoms with van der Waals surface area (Å²) in [6, 6.07) is 1.07. The summed E-state index contributed by atoms with van der Waals surface area (Å²) in [7, 11) is 0. The minimum absolute atomic E-state index is 0.0303. The fourth-order valence-electron chi connectivity index (χ4n) is 3.47. The Bertz CT molecular complexity index is 259. The van der Waals surface area contributed by atoms with Crippen molar-refractivity contribution in [1.82, 2.24) is 4.90 Å². The third-order valence-corrected chi connectivity index (χ3v) is 4.97. The van der Waals surface area contributed by atoms with Gasteiger partial charge in [-0.15, -0.1) is 0 Å². The van der Waals surface area contributed by atoms with Gasteiger partial charge in [0.25, 0.3) is 0 Å². The minimum Gasteiger partial charge on any atom is -0.393 e. The van der Waals surface area contributed by atoms with Crippen LogP contribution >= 0.6 is 0 Å². The molecule has 0 aromatic carbocycles. The van der Waals surface area contributed by atoms with Crippen molar-refractivity contribution in [3.8, 4) is 0 Å². The van der Waals surface area contributed by atoms with E-state index < -0.39 is 0 Å². The van der Waals surface area contributed by atoms with Gasteiger partial charge in [0.15, 0.2) is 0 Å². The molecule has 4 N–H and O–H groups in total. The van der Waals surface area contributed by atoms with Crippen LogP contribution in [-0.2, 0) is 4.74 Å². The highest BCUT2D eigenvalue weighted by Crippen LogP contribution is 2.23. The zero-order valence-corrected chi connectivity index (χ0v) is 13.1. The Hall–Kier alpha value is -0.200. The number of nitrogens with two attached hydrogens (primary N) is 1. The number of hydrogen-bond acceptors (Lipinski definition) is 5. The van der Waals surface area contributed by atoms with Crippen molar-refractivity contribution < 1.29 is 14.9 Å². The van der Waals surface area contributed by atoms with Crippen LogP contribution in [0, 0.1) is 0 Å². The summed E-state index contributed by atoms with van der Waals surface area (Å²) in [5.74, 6) is 0. The highest BCUT2D eigenvalue weighted by Gasteiger charge is 2.25. The van der Waals surface area contributed by atoms with Gasteiger partial charge in [-0.05, 0) is 51.4 Å². The highest BCUT2D eigenvalue weighted by atomic mass is 16.5. The highest BCUT2D eigenvalue weighted by molar-refractivity contribution is 4.80. The lowest BCUT2D eigenvalue weighted by Gasteiger charge is -2.37. The third kappa shape index (κ3) is 6.20. The van der Waals surface area contributed by atoms with Crippen LogP contribution in [0.15, 0.2) is 0 Å². The number of aliphatic hydroxyl groups is 2. The van der Waals surface area contributed by atoms with Crippen LogP contribution < -0.4 is 5.73 Å². The number of nitrogens with zero attached hydrogens (tertiary/aromatic N) is 1. The van der Waals surface area contributed by atoms with E-state index in [-0.39, 0.29) is 12.2 Å². The monoisotopic (exact) mass is 300 g/mol. The predicted molar refractivity (Wildman–Crippen MR) is 83.1 cm³/mol. The van der Waals surface area contributed by atoms with Gasteiger partial charge < -0.3 is 20.7 Å². The molecule has 1 aliphatic heterocycles. The molecular formula is C16H32N2O3. The van der Waals surface area contributed by atoms with Crippen molar-refractivity contribution in [2.24, 2.45) is 5.73 Å². The fraction of sp³-hybridized carbons (Fsp3) is 1.00. The summed E-state index contributed by atoms with van der Waals surface area (Å²) in [6.45, 7) is 3.94. The van der Waals surface area contributed by atoms with Crippen LogP contribution in [0.4, 0.5) is 0 Å². The molecule has 124 valence electrons. The van der Waals surface area contributed by atoms with Gasteiger partial charge in [0.05, 0.1) is 25.4 Å². The molecule has 0 radical (unpaired) electrons. The van der Waals surface area contributed by atoms with Crippen molar-refractivity contribution in [1.29, 1.82) is 0 Å². The molecule has 2 saturated carbocycles. The van der Waals surface area contributed by atoms with E-state index in [0.717, 1.165) is 64.8 Å². The van der Waals surface area contributed by atoms with Gasteiger partial charge in [-0.2, -0.15) is 0 Å². The number of rotatable bonds is 1. The maximum absolute atomic E-state index is 9.38. The van der Waals surface area contributed by atoms with Crippen LogP contribution in [-0.4, -0.2) is 65.7 Å². The van der Waals surface area contributed by atoms with E-state index in [1.807, 2.05) is 0 Å². The molecule has 3 rings (SSSR count). The lowest BCUT2D eigenvalue weighted by molar-refractivity contribution is -0.00366. The Balaban J connectivity index is 0.000000173. The van der Waals surface area contributed by atoms with Gasteiger partial charge >= 0.3 is 0 Å². The molecule has 0 aromatic rings. The number of ether oxygens (including phenoxy) is 1. The van der Waals surface area contributed by atoms with E-state index in [0.29, 0.717) is 12.1 Å². The van der Waals surface area contributed by atoms with Crippen LogP contribution in [0.1, 0.15) is 51.4 Å². The minimum atomic E-state index is -0.0604. The second-order valence-corrected chi connectivity index (χ2v) is 6.68. The number of morpholine rings is 1. The van der Waals surface area contributed by atoms with E-state index in [1.54, 1.807) is 0 Å². The number of aliphatic hydroxyl groups excluding tert-OH is 2. The maximum atomic E-state index is 9.38. The second-order valence-electron chi connectivity index (χ2n) is 6.68. The zero-order valence-electron chi connectivity index (χ0n) is 13.1. The third-order valence-electron chi connectivity index (χ3n) is 4.97. The van der Waals surface area contributed by atoms with Crippen LogP contribution in [0.5, 0.6) is 0 Å². The summed E-state index contributed by atoms with van der Waals surface area (Å²) < 4.78 is 5.32. The molecule has 0 unspecified atom stereocenters. The van der Waals surface area contributed by atoms with E-state index in [4.69, 9.17) is 15.6 Å². The quantitative estimate of drug-likeness (QED) is 0.670. The summed E-state index contributed by atoms with van der Waals surface area (Å²) in [5.41, 5.74) is 5.59. The van der Waals surface area contributed by atoms with Gasteiger partial charge in [0.2, 0.25) is 0 Å². The van der Waals surface area contributed by atoms with E-state index in [1.165, 1.54) is 12.8 Å². The first-order valence-corrected chi connectivity index (χ1v) is 8.58. The molecule has 21 heavy (non-hydrogen) atoms. The van der Waals surface area contributed by atoms with E-state index >= 15 is 0 Å². The van der Waals surface area contributed by atoms with E-state index in [9.17, 15) is 5.11 Å². The topological polar surface area (TPSA) is 79.0 Å². The van der Waals surface area contributed by atoms with Crippen LogP contribution in [0.2, 0.25) is 0 Å². The van der Waals surface area contributed by atoms with Gasteiger partial charge in [0.1, 0.15) is 0 Å². The Morgan fingerprint density at radius 2 is 1.24 bits per heavy atom. The molecule has 0 spiro atoms. The lowest BCUT2D eigenvalue weighted by Crippen LogP contribution is -2.45. The first kappa shape index (κ1) is 17.2. The molecule has 5 nitrogen and oxygen atoms in total. The first-order valence-electron chi connectivity index (χ1n) is 8.58. The SMILES string of the molecule is NC1CCC(O)CC1.OC1CCC(N2CCOCC2)CC1. The number of hydrogen-bond donors (Lipinski definition) is 3. The molecule has 0 atom stereocenters. The molecule has 1 saturated heterocycles. The lowest BCUT2D eigenvalue weighted by atomic mass is 9.92. The van der Waals surface area contributed by atoms with Crippen molar-refractivity contribution >= 4 is 0 Å². The van der Waals surface area contributed by atoms with Gasteiger partial charge in [0, 0.05) is 25.2 Å². The summed E-state index contributed by atoms with van der Waals surface area (Å²) >= 11 is 0. The molecular weight excluding hydrogens is 268 g/mol. The standard InChI is InChI=1S/C10H19NO2.C6H13NO/c12-10-3-1-9(2-4-10)11-5-7-13-8-6-11;7-5-1-3-6(8)4-2-5/h9-10,12H,1-8H2;5-6,8H,1-4,7H2. The molecule has 5 heteroatoms.